The van der Waals surface area contributed by atoms with Crippen LogP contribution in [0.1, 0.15) is 0 Å². The van der Waals surface area contributed by atoms with E-state index in [0.717, 1.165) is 73.1 Å². The molecule has 0 saturated heterocycles. The predicted octanol–water partition coefficient (Wildman–Crippen LogP) is 24.6. The van der Waals surface area contributed by atoms with E-state index in [0.29, 0.717) is 5.52 Å². The zero-order valence-corrected chi connectivity index (χ0v) is 67.4. The Bertz CT molecular complexity index is 7900. The standard InChI is InChI=1S/C53H34N2.C52H35N4.C9H7NO.Li/c1-2-14-38(15-3-1)53-54-49-20-10-11-21-50(49)55(53)44-29-26-37(27-30-44)41-28-31-47-48(34-41)52(43-25-23-36-13-5-7-17-40(36)33-43)46-19-9-8-18-45(46)51(47)42-24-22-35-12-4-6-16-39(35)32-42;1-3-15-36(16-4-1)37-27-29-40(30-28-37)54-34-47(38-17-5-2-6-18-38)53-48(35-54)39-31-41(55-49-23-11-7-19-43(49)44-20-8-12-24-50(44)55)33-42(32-39)56-51-25-13-9-21-45(51)46-22-10-14-26-52(46)56;11-8-5-1-3-7-4-2-6-10-9(7)8;/h1-34H;1-35H;1-6,11H;/q;+1;;+1. The van der Waals surface area contributed by atoms with Gasteiger partial charge in [0.25, 0.3) is 0 Å². The van der Waals surface area contributed by atoms with Gasteiger partial charge in [0, 0.05) is 78.9 Å². The summed E-state index contributed by atoms with van der Waals surface area (Å²) in [5, 5.41) is 27.0. The predicted molar refractivity (Wildman–Crippen MR) is 504 cm³/mol. The number of H-pyrrole nitrogens is 1. The molecule has 0 atom stereocenters. The third kappa shape index (κ3) is 13.9. The van der Waals surface area contributed by atoms with Gasteiger partial charge in [0.1, 0.15) is 17.2 Å². The molecule has 0 spiro atoms. The molecular weight excluding hydrogens is 1490 g/mol. The molecule has 0 radical (unpaired) electrons. The maximum Gasteiger partial charge on any atom is 1.00 e. The molecule has 19 aromatic carbocycles. The van der Waals surface area contributed by atoms with Gasteiger partial charge >= 0.3 is 18.9 Å². The van der Waals surface area contributed by atoms with Gasteiger partial charge in [-0.1, -0.05) is 309 Å². The van der Waals surface area contributed by atoms with Crippen molar-refractivity contribution in [3.8, 4) is 107 Å². The second-order valence-electron chi connectivity index (χ2n) is 31.0. The number of aromatic nitrogens is 7. The summed E-state index contributed by atoms with van der Waals surface area (Å²) < 4.78 is 9.30. The summed E-state index contributed by atoms with van der Waals surface area (Å²) in [6.07, 6.45) is 6.06. The Morgan fingerprint density at radius 1 is 0.244 bits per heavy atom. The first-order valence-electron chi connectivity index (χ1n) is 41.4. The largest absolute Gasteiger partial charge is 1.00 e. The zero-order chi connectivity index (χ0) is 81.0. The third-order valence-corrected chi connectivity index (χ3v) is 23.8. The van der Waals surface area contributed by atoms with Gasteiger partial charge in [0.15, 0.2) is 6.20 Å². The Labute approximate surface area is 722 Å². The molecule has 0 bridgehead atoms. The zero-order valence-electron chi connectivity index (χ0n) is 67.4. The number of hydrogen-bond donors (Lipinski definition) is 0. The van der Waals surface area contributed by atoms with E-state index in [1.54, 1.807) is 18.3 Å². The molecule has 24 rings (SSSR count). The number of rotatable bonds is 11. The van der Waals surface area contributed by atoms with Crippen LogP contribution < -0.4 is 33.5 Å². The molecule has 8 nitrogen and oxygen atoms in total. The quantitative estimate of drug-likeness (QED) is 0.0735. The van der Waals surface area contributed by atoms with Crippen LogP contribution in [0.3, 0.4) is 0 Å². The molecule has 0 unspecified atom stereocenters. The molecule has 24 aromatic rings. The van der Waals surface area contributed by atoms with E-state index in [2.05, 4.69) is 436 Å². The Hall–Kier alpha value is -15.8. The van der Waals surface area contributed by atoms with Crippen molar-refractivity contribution in [1.29, 1.82) is 0 Å². The van der Waals surface area contributed by atoms with Crippen LogP contribution in [-0.4, -0.2) is 23.7 Å². The van der Waals surface area contributed by atoms with Crippen molar-refractivity contribution in [3.63, 3.8) is 0 Å². The van der Waals surface area contributed by atoms with E-state index in [9.17, 15) is 5.11 Å². The van der Waals surface area contributed by atoms with Gasteiger partial charge in [0.05, 0.1) is 33.1 Å². The monoisotopic (exact) mass is 1570 g/mol. The minimum atomic E-state index is 0. The summed E-state index contributed by atoms with van der Waals surface area (Å²) in [4.78, 5) is 13.4. The van der Waals surface area contributed by atoms with Gasteiger partial charge in [-0.3, -0.25) is 4.57 Å². The molecule has 5 aromatic heterocycles. The molecule has 0 amide bonds. The van der Waals surface area contributed by atoms with Crippen LogP contribution in [0.2, 0.25) is 0 Å². The van der Waals surface area contributed by atoms with Crippen molar-refractivity contribution in [2.24, 2.45) is 0 Å². The van der Waals surface area contributed by atoms with Crippen LogP contribution >= 0.6 is 0 Å². The van der Waals surface area contributed by atoms with Crippen LogP contribution in [0.15, 0.2) is 455 Å². The number of hydrogen-bond acceptors (Lipinski definition) is 3. The number of aromatic amines is 1. The van der Waals surface area contributed by atoms with E-state index in [1.165, 1.54) is 131 Å². The molecule has 1 N–H and O–H groups in total. The van der Waals surface area contributed by atoms with Crippen LogP contribution in [0.5, 0.6) is 5.75 Å². The average molecular weight is 1570 g/mol. The number of benzene rings is 19. The van der Waals surface area contributed by atoms with Gasteiger partial charge in [-0.25, -0.2) is 15.0 Å². The molecule has 0 saturated carbocycles. The first kappa shape index (κ1) is 74.7. The molecule has 572 valence electrons. The van der Waals surface area contributed by atoms with E-state index in [4.69, 9.17) is 9.97 Å². The average Bonchev–Trinajstić information content (AvgIpc) is 1.71. The van der Waals surface area contributed by atoms with Crippen LogP contribution in [-0.2, 0) is 0 Å². The van der Waals surface area contributed by atoms with E-state index in [-0.39, 0.29) is 24.6 Å². The normalized spacial score (nSPS) is 11.4. The van der Waals surface area contributed by atoms with Gasteiger partial charge in [-0.05, 0) is 203 Å². The number of fused-ring (bicyclic) bond motifs is 12. The smallest absolute Gasteiger partial charge is 0.868 e. The summed E-state index contributed by atoms with van der Waals surface area (Å²) in [6, 6.07) is 155. The van der Waals surface area contributed by atoms with E-state index in [1.807, 2.05) is 24.3 Å². The van der Waals surface area contributed by atoms with Crippen molar-refractivity contribution in [3.05, 3.63) is 455 Å². The van der Waals surface area contributed by atoms with E-state index < -0.39 is 0 Å². The second-order valence-corrected chi connectivity index (χ2v) is 31.0. The first-order chi connectivity index (χ1) is 60.4. The van der Waals surface area contributed by atoms with Gasteiger partial charge < -0.3 is 14.2 Å². The number of nitrogens with zero attached hydrogens (tertiary/aromatic N) is 6. The maximum absolute atomic E-state index is 11.1. The topological polar surface area (TPSA) is 81.7 Å². The van der Waals surface area contributed by atoms with Gasteiger partial charge in [-0.2, -0.15) is 4.57 Å². The van der Waals surface area contributed by atoms with Gasteiger partial charge in [-0.15, -0.1) is 0 Å². The minimum Gasteiger partial charge on any atom is -0.868 e. The summed E-state index contributed by atoms with van der Waals surface area (Å²) in [5.74, 6) is 0.983. The first-order valence-corrected chi connectivity index (χ1v) is 41.4. The van der Waals surface area contributed by atoms with Gasteiger partial charge in [0.2, 0.25) is 23.6 Å². The van der Waals surface area contributed by atoms with Crippen molar-refractivity contribution >= 4 is 109 Å². The molecule has 0 aliphatic heterocycles. The molecule has 5 heterocycles. The van der Waals surface area contributed by atoms with Crippen LogP contribution in [0.4, 0.5) is 0 Å². The minimum absolute atomic E-state index is 0. The summed E-state index contributed by atoms with van der Waals surface area (Å²) >= 11 is 0. The fourth-order valence-corrected chi connectivity index (χ4v) is 18.0. The second kappa shape index (κ2) is 32.1. The molecule has 0 fully saturated rings. The Balaban J connectivity index is 0.000000133. The fraction of sp³-hybridized carbons (Fsp3) is 0. The maximum atomic E-state index is 11.1. The summed E-state index contributed by atoms with van der Waals surface area (Å²) in [7, 11) is 0. The Kier molecular flexibility index (Phi) is 19.5. The number of imidazole rings is 1. The van der Waals surface area contributed by atoms with Crippen molar-refractivity contribution in [2.45, 2.75) is 0 Å². The van der Waals surface area contributed by atoms with Crippen molar-refractivity contribution in [1.82, 2.24) is 23.7 Å². The van der Waals surface area contributed by atoms with Crippen molar-refractivity contribution < 1.29 is 33.5 Å². The Morgan fingerprint density at radius 2 is 0.650 bits per heavy atom. The summed E-state index contributed by atoms with van der Waals surface area (Å²) in [6.45, 7) is 0. The molecule has 0 aliphatic rings. The Morgan fingerprint density at radius 3 is 1.20 bits per heavy atom. The van der Waals surface area contributed by atoms with Crippen molar-refractivity contribution in [2.75, 3.05) is 0 Å². The fourth-order valence-electron chi connectivity index (χ4n) is 18.0. The molecule has 123 heavy (non-hydrogen) atoms. The SMILES string of the molecule is [Li+].[O-]c1cccc2ccc[nH+]c12.c1ccc(-c2ccc(-[n+]3cc(-c4ccccc4)nc(-c4cc(-n5c6ccccc6c6ccccc65)cc(-n5c6ccccc6c6ccccc65)c4)c3)cc2)cc1.c1ccc(-c2nc3ccccc3n2-c2ccc(-c3ccc4c(-c5ccc6ccccc6c5)c5ccccc5c(-c5ccc6ccccc6c5)c4c3)cc2)cc1. The van der Waals surface area contributed by atoms with E-state index >= 15 is 0 Å². The number of nitrogens with one attached hydrogen (secondary N) is 1. The third-order valence-electron chi connectivity index (χ3n) is 23.8. The van der Waals surface area contributed by atoms with Crippen LogP contribution in [0, 0.1) is 0 Å². The molecular formula is C114H76LiN7O+2. The van der Waals surface area contributed by atoms with Crippen LogP contribution in [0.25, 0.3) is 210 Å². The number of para-hydroxylation sites is 7. The summed E-state index contributed by atoms with van der Waals surface area (Å²) in [5.41, 5.74) is 26.3. The number of pyridine rings is 1. The molecule has 9 heteroatoms. The molecule has 0 aliphatic carbocycles.